The molecular weight excluding hydrogens is 356 g/mol. The first-order valence-electron chi connectivity index (χ1n) is 8.29. The van der Waals surface area contributed by atoms with Crippen LogP contribution in [0.15, 0.2) is 52.9 Å². The second-order valence-corrected chi connectivity index (χ2v) is 6.02. The number of para-hydroxylation sites is 1. The van der Waals surface area contributed by atoms with E-state index in [1.54, 1.807) is 7.05 Å². The SMILES string of the molecule is COc1cc(C(=O)N(C)C(C)c2cc3ccccc3o2)ccc1OC(F)F. The molecule has 2 aromatic carbocycles. The van der Waals surface area contributed by atoms with E-state index in [4.69, 9.17) is 9.15 Å². The van der Waals surface area contributed by atoms with Gasteiger partial charge in [0.05, 0.1) is 13.2 Å². The molecule has 1 atom stereocenters. The third kappa shape index (κ3) is 3.86. The highest BCUT2D eigenvalue weighted by atomic mass is 19.3. The van der Waals surface area contributed by atoms with Crippen molar-refractivity contribution in [1.29, 1.82) is 0 Å². The molecule has 0 bridgehead atoms. The highest BCUT2D eigenvalue weighted by molar-refractivity contribution is 5.95. The maximum absolute atomic E-state index is 12.8. The van der Waals surface area contributed by atoms with Gasteiger partial charge >= 0.3 is 6.61 Å². The Bertz CT molecular complexity index is 921. The summed E-state index contributed by atoms with van der Waals surface area (Å²) < 4.78 is 40.1. The van der Waals surface area contributed by atoms with Crippen LogP contribution < -0.4 is 9.47 Å². The van der Waals surface area contributed by atoms with Gasteiger partial charge in [0.25, 0.3) is 5.91 Å². The van der Waals surface area contributed by atoms with Crippen LogP contribution in [0.1, 0.15) is 29.1 Å². The summed E-state index contributed by atoms with van der Waals surface area (Å²) in [6.07, 6.45) is 0. The van der Waals surface area contributed by atoms with Gasteiger partial charge in [-0.2, -0.15) is 8.78 Å². The molecule has 0 spiro atoms. The molecule has 0 radical (unpaired) electrons. The van der Waals surface area contributed by atoms with Crippen molar-refractivity contribution >= 4 is 16.9 Å². The Hall–Kier alpha value is -3.09. The molecule has 3 rings (SSSR count). The lowest BCUT2D eigenvalue weighted by atomic mass is 10.1. The number of carbonyl (C=O) groups excluding carboxylic acids is 1. The molecule has 1 amide bonds. The predicted octanol–water partition coefficient (Wildman–Crippen LogP) is 4.88. The summed E-state index contributed by atoms with van der Waals surface area (Å²) in [4.78, 5) is 14.3. The number of ether oxygens (including phenoxy) is 2. The minimum absolute atomic E-state index is 0.0611. The van der Waals surface area contributed by atoms with E-state index >= 15 is 0 Å². The summed E-state index contributed by atoms with van der Waals surface area (Å²) in [7, 11) is 2.97. The first-order valence-corrected chi connectivity index (χ1v) is 8.29. The molecule has 142 valence electrons. The Labute approximate surface area is 155 Å². The molecule has 0 aliphatic carbocycles. The lowest BCUT2D eigenvalue weighted by Crippen LogP contribution is -2.29. The molecule has 0 fully saturated rings. The van der Waals surface area contributed by atoms with Crippen LogP contribution in [-0.4, -0.2) is 31.6 Å². The van der Waals surface area contributed by atoms with Gasteiger partial charge < -0.3 is 18.8 Å². The second-order valence-electron chi connectivity index (χ2n) is 6.02. The fourth-order valence-electron chi connectivity index (χ4n) is 2.77. The minimum atomic E-state index is -2.98. The minimum Gasteiger partial charge on any atom is -0.493 e. The molecule has 27 heavy (non-hydrogen) atoms. The predicted molar refractivity (Wildman–Crippen MR) is 96.3 cm³/mol. The van der Waals surface area contributed by atoms with Gasteiger partial charge in [0.1, 0.15) is 11.3 Å². The van der Waals surface area contributed by atoms with Crippen LogP contribution in [0.4, 0.5) is 8.78 Å². The second kappa shape index (κ2) is 7.65. The van der Waals surface area contributed by atoms with Crippen molar-refractivity contribution in [3.05, 3.63) is 59.9 Å². The van der Waals surface area contributed by atoms with Crippen molar-refractivity contribution in [3.8, 4) is 11.5 Å². The molecule has 1 unspecified atom stereocenters. The average Bonchev–Trinajstić information content (AvgIpc) is 3.10. The van der Waals surface area contributed by atoms with Gasteiger partial charge in [0.15, 0.2) is 11.5 Å². The number of benzene rings is 2. The molecule has 0 saturated heterocycles. The number of amides is 1. The first kappa shape index (κ1) is 18.7. The number of methoxy groups -OCH3 is 1. The number of hydrogen-bond donors (Lipinski definition) is 0. The molecule has 3 aromatic rings. The van der Waals surface area contributed by atoms with E-state index in [9.17, 15) is 13.6 Å². The Morgan fingerprint density at radius 3 is 2.52 bits per heavy atom. The molecule has 1 aromatic heterocycles. The van der Waals surface area contributed by atoms with Crippen LogP contribution >= 0.6 is 0 Å². The van der Waals surface area contributed by atoms with Crippen molar-refractivity contribution in [2.75, 3.05) is 14.2 Å². The number of halogens is 2. The van der Waals surface area contributed by atoms with Crippen LogP contribution in [-0.2, 0) is 0 Å². The van der Waals surface area contributed by atoms with Crippen molar-refractivity contribution in [1.82, 2.24) is 4.90 Å². The number of rotatable bonds is 6. The van der Waals surface area contributed by atoms with E-state index in [0.29, 0.717) is 11.3 Å². The first-order chi connectivity index (χ1) is 12.9. The summed E-state index contributed by atoms with van der Waals surface area (Å²) in [5, 5.41) is 0.954. The summed E-state index contributed by atoms with van der Waals surface area (Å²) in [5.74, 6) is 0.282. The van der Waals surface area contributed by atoms with Gasteiger partial charge in [-0.1, -0.05) is 18.2 Å². The van der Waals surface area contributed by atoms with E-state index in [0.717, 1.165) is 11.0 Å². The van der Waals surface area contributed by atoms with Crippen molar-refractivity contribution in [3.63, 3.8) is 0 Å². The van der Waals surface area contributed by atoms with Crippen LogP contribution in [0.2, 0.25) is 0 Å². The lowest BCUT2D eigenvalue weighted by molar-refractivity contribution is -0.0512. The van der Waals surface area contributed by atoms with Gasteiger partial charge in [-0.25, -0.2) is 0 Å². The number of nitrogens with zero attached hydrogens (tertiary/aromatic N) is 1. The molecular formula is C20H19F2NO4. The maximum atomic E-state index is 12.8. The zero-order chi connectivity index (χ0) is 19.6. The van der Waals surface area contributed by atoms with Gasteiger partial charge in [0, 0.05) is 18.0 Å². The number of fused-ring (bicyclic) bond motifs is 1. The largest absolute Gasteiger partial charge is 0.493 e. The third-order valence-electron chi connectivity index (χ3n) is 4.38. The molecule has 7 heteroatoms. The number of alkyl halides is 2. The summed E-state index contributed by atoms with van der Waals surface area (Å²) >= 11 is 0. The van der Waals surface area contributed by atoms with Gasteiger partial charge in [-0.05, 0) is 37.3 Å². The Morgan fingerprint density at radius 2 is 1.85 bits per heavy atom. The van der Waals surface area contributed by atoms with E-state index in [1.165, 1.54) is 30.2 Å². The third-order valence-corrected chi connectivity index (χ3v) is 4.38. The highest BCUT2D eigenvalue weighted by Gasteiger charge is 2.23. The van der Waals surface area contributed by atoms with Gasteiger partial charge in [0.2, 0.25) is 0 Å². The smallest absolute Gasteiger partial charge is 0.387 e. The summed E-state index contributed by atoms with van der Waals surface area (Å²) in [6, 6.07) is 13.2. The van der Waals surface area contributed by atoms with E-state index in [2.05, 4.69) is 4.74 Å². The Morgan fingerprint density at radius 1 is 1.11 bits per heavy atom. The summed E-state index contributed by atoms with van der Waals surface area (Å²) in [6.45, 7) is -1.13. The zero-order valence-corrected chi connectivity index (χ0v) is 15.1. The topological polar surface area (TPSA) is 51.9 Å². The van der Waals surface area contributed by atoms with Crippen LogP contribution in [0.3, 0.4) is 0 Å². The van der Waals surface area contributed by atoms with Crippen LogP contribution in [0, 0.1) is 0 Å². The fourth-order valence-corrected chi connectivity index (χ4v) is 2.77. The number of furan rings is 1. The van der Waals surface area contributed by atoms with Crippen molar-refractivity contribution < 1.29 is 27.5 Å². The lowest BCUT2D eigenvalue weighted by Gasteiger charge is -2.23. The number of hydrogen-bond acceptors (Lipinski definition) is 4. The average molecular weight is 375 g/mol. The molecule has 0 N–H and O–H groups in total. The van der Waals surface area contributed by atoms with Gasteiger partial charge in [-0.3, -0.25) is 4.79 Å². The zero-order valence-electron chi connectivity index (χ0n) is 15.1. The normalized spacial score (nSPS) is 12.2. The van der Waals surface area contributed by atoms with Gasteiger partial charge in [-0.15, -0.1) is 0 Å². The molecule has 0 aliphatic rings. The molecule has 5 nitrogen and oxygen atoms in total. The quantitative estimate of drug-likeness (QED) is 0.616. The maximum Gasteiger partial charge on any atom is 0.387 e. The molecule has 0 aliphatic heterocycles. The summed E-state index contributed by atoms with van der Waals surface area (Å²) in [5.41, 5.74) is 1.04. The molecule has 1 heterocycles. The van der Waals surface area contributed by atoms with E-state index < -0.39 is 6.61 Å². The standard InChI is InChI=1S/C20H19F2NO4/c1-12(17-10-13-6-4-5-7-15(13)26-17)23(2)19(24)14-8-9-16(27-20(21)22)18(11-14)25-3/h4-12,20H,1-3H3. The fraction of sp³-hybridized carbons (Fsp3) is 0.250. The monoisotopic (exact) mass is 375 g/mol. The Balaban J connectivity index is 1.83. The highest BCUT2D eigenvalue weighted by Crippen LogP contribution is 2.31. The molecule has 0 saturated carbocycles. The van der Waals surface area contributed by atoms with E-state index in [1.807, 2.05) is 37.3 Å². The Kier molecular flexibility index (Phi) is 5.30. The van der Waals surface area contributed by atoms with Crippen LogP contribution in [0.5, 0.6) is 11.5 Å². The van der Waals surface area contributed by atoms with Crippen molar-refractivity contribution in [2.24, 2.45) is 0 Å². The van der Waals surface area contributed by atoms with Crippen molar-refractivity contribution in [2.45, 2.75) is 19.6 Å². The van der Waals surface area contributed by atoms with E-state index in [-0.39, 0.29) is 23.4 Å². The van der Waals surface area contributed by atoms with Crippen LogP contribution in [0.25, 0.3) is 11.0 Å². The number of carbonyl (C=O) groups is 1.